The molecule has 0 amide bonds. The van der Waals surface area contributed by atoms with Gasteiger partial charge >= 0.3 is 5.63 Å². The van der Waals surface area contributed by atoms with Crippen LogP contribution in [-0.4, -0.2) is 36.0 Å². The molecule has 1 fully saturated rings. The van der Waals surface area contributed by atoms with Crippen molar-refractivity contribution in [2.45, 2.75) is 42.1 Å². The number of aromatic nitrogens is 2. The van der Waals surface area contributed by atoms with Gasteiger partial charge in [0.1, 0.15) is 5.58 Å². The van der Waals surface area contributed by atoms with Crippen LogP contribution in [0.5, 0.6) is 0 Å². The second-order valence-corrected chi connectivity index (χ2v) is 11.1. The van der Waals surface area contributed by atoms with E-state index in [0.29, 0.717) is 35.2 Å². The molecule has 0 saturated carbocycles. The molecule has 1 aliphatic rings. The van der Waals surface area contributed by atoms with E-state index in [1.54, 1.807) is 24.3 Å². The van der Waals surface area contributed by atoms with Gasteiger partial charge in [-0.25, -0.2) is 13.2 Å². The van der Waals surface area contributed by atoms with Crippen molar-refractivity contribution in [1.29, 1.82) is 0 Å². The van der Waals surface area contributed by atoms with Gasteiger partial charge in [-0.2, -0.15) is 4.31 Å². The van der Waals surface area contributed by atoms with Gasteiger partial charge in [-0.15, -0.1) is 10.2 Å². The van der Waals surface area contributed by atoms with Gasteiger partial charge in [0.2, 0.25) is 15.9 Å². The predicted octanol–water partition coefficient (Wildman–Crippen LogP) is 4.62. The molecule has 1 saturated heterocycles. The van der Waals surface area contributed by atoms with E-state index >= 15 is 0 Å². The summed E-state index contributed by atoms with van der Waals surface area (Å²) in [6, 6.07) is 13.8. The third-order valence-electron chi connectivity index (χ3n) is 5.78. The minimum Gasteiger partial charge on any atom is -0.423 e. The molecule has 0 aliphatic carbocycles. The van der Waals surface area contributed by atoms with E-state index < -0.39 is 15.6 Å². The molecule has 1 aliphatic heterocycles. The van der Waals surface area contributed by atoms with Crippen LogP contribution >= 0.6 is 11.8 Å². The van der Waals surface area contributed by atoms with Crippen LogP contribution in [-0.2, 0) is 15.8 Å². The number of fused-ring (bicyclic) bond motifs is 1. The Morgan fingerprint density at radius 1 is 1.00 bits per heavy atom. The van der Waals surface area contributed by atoms with Gasteiger partial charge in [-0.3, -0.25) is 0 Å². The van der Waals surface area contributed by atoms with E-state index in [1.165, 1.54) is 22.1 Å². The van der Waals surface area contributed by atoms with E-state index in [1.807, 2.05) is 25.1 Å². The number of rotatable bonds is 6. The molecule has 4 aromatic rings. The lowest BCUT2D eigenvalue weighted by Crippen LogP contribution is -2.35. The summed E-state index contributed by atoms with van der Waals surface area (Å²) in [7, 11) is -3.56. The summed E-state index contributed by atoms with van der Waals surface area (Å²) in [5, 5.41) is 9.37. The van der Waals surface area contributed by atoms with Gasteiger partial charge in [-0.05, 0) is 55.2 Å². The molecular formula is C24H23N3O5S2. The number of hydrogen-bond acceptors (Lipinski definition) is 8. The Bertz CT molecular complexity index is 1500. The molecule has 176 valence electrons. The maximum atomic E-state index is 13.0. The molecule has 0 bridgehead atoms. The highest BCUT2D eigenvalue weighted by molar-refractivity contribution is 7.98. The maximum Gasteiger partial charge on any atom is 0.336 e. The van der Waals surface area contributed by atoms with Crippen molar-refractivity contribution in [3.05, 3.63) is 70.1 Å². The SMILES string of the molecule is Cc1ccc2c(CSc3nnc(-c4cccc(S(=O)(=O)N5CCCCC5)c4)o3)cc(=O)oc2c1. The number of piperidine rings is 1. The van der Waals surface area contributed by atoms with Crippen LogP contribution in [0.25, 0.3) is 22.4 Å². The Labute approximate surface area is 201 Å². The van der Waals surface area contributed by atoms with Crippen LogP contribution in [0.4, 0.5) is 0 Å². The van der Waals surface area contributed by atoms with Crippen LogP contribution in [0.1, 0.15) is 30.4 Å². The monoisotopic (exact) mass is 497 g/mol. The first kappa shape index (κ1) is 22.8. The molecule has 8 nitrogen and oxygen atoms in total. The normalized spacial score (nSPS) is 15.1. The number of sulfonamides is 1. The van der Waals surface area contributed by atoms with Crippen molar-refractivity contribution in [2.24, 2.45) is 0 Å². The highest BCUT2D eigenvalue weighted by atomic mass is 32.2. The molecule has 0 spiro atoms. The van der Waals surface area contributed by atoms with Crippen LogP contribution in [0.3, 0.4) is 0 Å². The highest BCUT2D eigenvalue weighted by Gasteiger charge is 2.26. The Hall–Kier alpha value is -2.95. The number of benzene rings is 2. The molecule has 0 atom stereocenters. The zero-order chi connectivity index (χ0) is 23.7. The summed E-state index contributed by atoms with van der Waals surface area (Å²) >= 11 is 1.30. The average Bonchev–Trinajstić information content (AvgIpc) is 3.32. The molecule has 2 aromatic carbocycles. The lowest BCUT2D eigenvalue weighted by Gasteiger charge is -2.25. The zero-order valence-electron chi connectivity index (χ0n) is 18.6. The zero-order valence-corrected chi connectivity index (χ0v) is 20.2. The Kier molecular flexibility index (Phi) is 6.28. The predicted molar refractivity (Wildman–Crippen MR) is 129 cm³/mol. The van der Waals surface area contributed by atoms with Crippen LogP contribution < -0.4 is 5.63 Å². The number of aryl methyl sites for hydroxylation is 1. The fourth-order valence-corrected chi connectivity index (χ4v) is 6.34. The van der Waals surface area contributed by atoms with Crippen molar-refractivity contribution >= 4 is 32.8 Å². The van der Waals surface area contributed by atoms with E-state index in [9.17, 15) is 13.2 Å². The summed E-state index contributed by atoms with van der Waals surface area (Å²) in [5.41, 5.74) is 2.49. The van der Waals surface area contributed by atoms with E-state index in [0.717, 1.165) is 35.8 Å². The standard InChI is InChI=1S/C24H23N3O5S2/c1-16-8-9-20-18(14-22(28)31-21(20)12-16)15-33-24-26-25-23(32-24)17-6-5-7-19(13-17)34(29,30)27-10-3-2-4-11-27/h5-9,12-14H,2-4,10-11,15H2,1H3. The van der Waals surface area contributed by atoms with E-state index in [2.05, 4.69) is 10.2 Å². The lowest BCUT2D eigenvalue weighted by atomic mass is 10.1. The Morgan fingerprint density at radius 3 is 2.65 bits per heavy atom. The average molecular weight is 498 g/mol. The van der Waals surface area contributed by atoms with Crippen molar-refractivity contribution in [3.63, 3.8) is 0 Å². The molecule has 10 heteroatoms. The summed E-state index contributed by atoms with van der Waals surface area (Å²) in [6.45, 7) is 3.02. The van der Waals surface area contributed by atoms with Gasteiger partial charge in [0.15, 0.2) is 0 Å². The van der Waals surface area contributed by atoms with Crippen molar-refractivity contribution in [3.8, 4) is 11.5 Å². The van der Waals surface area contributed by atoms with Crippen LogP contribution in [0, 0.1) is 6.92 Å². The largest absolute Gasteiger partial charge is 0.423 e. The van der Waals surface area contributed by atoms with Crippen molar-refractivity contribution in [2.75, 3.05) is 13.1 Å². The fourth-order valence-electron chi connectivity index (χ4n) is 4.02. The molecule has 5 rings (SSSR count). The molecular weight excluding hydrogens is 474 g/mol. The summed E-state index contributed by atoms with van der Waals surface area (Å²) in [6.07, 6.45) is 2.81. The molecule has 2 aromatic heterocycles. The number of nitrogens with zero attached hydrogens (tertiary/aromatic N) is 3. The second-order valence-electron chi connectivity index (χ2n) is 8.24. The van der Waals surface area contributed by atoms with E-state index in [4.69, 9.17) is 8.83 Å². The Balaban J connectivity index is 1.36. The third kappa shape index (κ3) is 4.66. The van der Waals surface area contributed by atoms with Gasteiger partial charge in [0.25, 0.3) is 5.22 Å². The number of thioether (sulfide) groups is 1. The Morgan fingerprint density at radius 2 is 1.82 bits per heavy atom. The van der Waals surface area contributed by atoms with Gasteiger partial charge in [0, 0.05) is 35.9 Å². The fraction of sp³-hybridized carbons (Fsp3) is 0.292. The number of hydrogen-bond donors (Lipinski definition) is 0. The smallest absolute Gasteiger partial charge is 0.336 e. The van der Waals surface area contributed by atoms with Gasteiger partial charge in [-0.1, -0.05) is 36.4 Å². The van der Waals surface area contributed by atoms with Gasteiger partial charge < -0.3 is 8.83 Å². The van der Waals surface area contributed by atoms with Crippen molar-refractivity contribution < 1.29 is 17.3 Å². The molecule has 3 heterocycles. The van der Waals surface area contributed by atoms with Crippen LogP contribution in [0.15, 0.2) is 72.3 Å². The van der Waals surface area contributed by atoms with Crippen molar-refractivity contribution in [1.82, 2.24) is 14.5 Å². The minimum absolute atomic E-state index is 0.220. The lowest BCUT2D eigenvalue weighted by molar-refractivity contribution is 0.346. The second kappa shape index (κ2) is 9.36. The first-order chi connectivity index (χ1) is 16.4. The minimum atomic E-state index is -3.56. The third-order valence-corrected chi connectivity index (χ3v) is 8.54. The quantitative estimate of drug-likeness (QED) is 0.281. The maximum absolute atomic E-state index is 13.0. The first-order valence-corrected chi connectivity index (χ1v) is 13.4. The molecule has 34 heavy (non-hydrogen) atoms. The summed E-state index contributed by atoms with van der Waals surface area (Å²) in [4.78, 5) is 12.2. The van der Waals surface area contributed by atoms with Gasteiger partial charge in [0.05, 0.1) is 4.90 Å². The summed E-state index contributed by atoms with van der Waals surface area (Å²) in [5.74, 6) is 0.683. The topological polar surface area (TPSA) is 107 Å². The highest BCUT2D eigenvalue weighted by Crippen LogP contribution is 2.30. The molecule has 0 N–H and O–H groups in total. The molecule has 0 unspecified atom stereocenters. The molecule has 0 radical (unpaired) electrons. The summed E-state index contributed by atoms with van der Waals surface area (Å²) < 4.78 is 38.7. The van der Waals surface area contributed by atoms with Crippen LogP contribution in [0.2, 0.25) is 0 Å². The van der Waals surface area contributed by atoms with E-state index in [-0.39, 0.29) is 10.8 Å². The first-order valence-electron chi connectivity index (χ1n) is 11.0.